The topological polar surface area (TPSA) is 84.7 Å². The number of hydrogen-bond donors (Lipinski definition) is 1. The summed E-state index contributed by atoms with van der Waals surface area (Å²) in [5.41, 5.74) is -0.126. The highest BCUT2D eigenvalue weighted by atomic mass is 32.2. The van der Waals surface area contributed by atoms with Crippen LogP contribution in [0.25, 0.3) is 0 Å². The van der Waals surface area contributed by atoms with Crippen LogP contribution in [0.1, 0.15) is 68.3 Å². The van der Waals surface area contributed by atoms with Gasteiger partial charge in [-0.15, -0.1) is 0 Å². The van der Waals surface area contributed by atoms with Gasteiger partial charge in [0.05, 0.1) is 0 Å². The van der Waals surface area contributed by atoms with Crippen LogP contribution in [-0.4, -0.2) is 47.1 Å². The molecule has 0 atom stereocenters. The standard InChI is InChI=1S/C27H33N3O4S/c31-22(30-9-5-2-6-10-30)17-33-26-24(35-21-7-3-1-4-8-21)23(34-29-26)25(32)28-27-14-18-11-19(15-27)13-20(12-18)16-27/h1,3-4,7-8,18-20H,2,5-6,9-17H2,(H,28,32). The van der Waals surface area contributed by atoms with Gasteiger partial charge in [0, 0.05) is 23.5 Å². The van der Waals surface area contributed by atoms with Gasteiger partial charge in [-0.25, -0.2) is 0 Å². The molecule has 2 aromatic rings. The predicted molar refractivity (Wildman–Crippen MR) is 131 cm³/mol. The lowest BCUT2D eigenvalue weighted by atomic mass is 9.53. The molecule has 4 bridgehead atoms. The van der Waals surface area contributed by atoms with E-state index in [4.69, 9.17) is 9.26 Å². The number of ether oxygens (including phenoxy) is 1. The third-order valence-electron chi connectivity index (χ3n) is 8.25. The number of aromatic nitrogens is 1. The van der Waals surface area contributed by atoms with E-state index in [0.717, 1.165) is 74.3 Å². The SMILES string of the molecule is O=C(NC12CC3CC(CC(C3)C1)C2)c1onc(OCC(=O)N2CCCCC2)c1Sc1ccccc1. The highest BCUT2D eigenvalue weighted by Crippen LogP contribution is 2.55. The number of likely N-dealkylation sites (tertiary alicyclic amines) is 1. The summed E-state index contributed by atoms with van der Waals surface area (Å²) in [6.45, 7) is 1.43. The monoisotopic (exact) mass is 495 g/mol. The smallest absolute Gasteiger partial charge is 0.291 e. The molecule has 5 fully saturated rings. The molecule has 1 aromatic heterocycles. The Balaban J connectivity index is 1.21. The Labute approximate surface area is 210 Å². The number of benzene rings is 1. The first-order chi connectivity index (χ1) is 17.1. The van der Waals surface area contributed by atoms with Crippen molar-refractivity contribution in [3.05, 3.63) is 36.1 Å². The lowest BCUT2D eigenvalue weighted by Gasteiger charge is -2.56. The van der Waals surface area contributed by atoms with Crippen molar-refractivity contribution in [1.29, 1.82) is 0 Å². The van der Waals surface area contributed by atoms with Gasteiger partial charge < -0.3 is 19.5 Å². The van der Waals surface area contributed by atoms with Crippen LogP contribution in [0.3, 0.4) is 0 Å². The Morgan fingerprint density at radius 3 is 2.34 bits per heavy atom. The van der Waals surface area contributed by atoms with Crippen molar-refractivity contribution in [3.8, 4) is 5.88 Å². The van der Waals surface area contributed by atoms with E-state index in [1.54, 1.807) is 0 Å². The van der Waals surface area contributed by atoms with Crippen LogP contribution in [0.5, 0.6) is 5.88 Å². The Kier molecular flexibility index (Phi) is 6.25. The molecule has 186 valence electrons. The summed E-state index contributed by atoms with van der Waals surface area (Å²) in [5, 5.41) is 7.48. The Hall–Kier alpha value is -2.48. The Morgan fingerprint density at radius 1 is 1.03 bits per heavy atom. The first-order valence-corrected chi connectivity index (χ1v) is 13.8. The van der Waals surface area contributed by atoms with Crippen molar-refractivity contribution < 1.29 is 18.8 Å². The van der Waals surface area contributed by atoms with Crippen molar-refractivity contribution >= 4 is 23.6 Å². The fourth-order valence-electron chi connectivity index (χ4n) is 7.13. The third kappa shape index (κ3) is 4.82. The van der Waals surface area contributed by atoms with E-state index in [1.807, 2.05) is 35.2 Å². The fourth-order valence-corrected chi connectivity index (χ4v) is 8.06. The maximum atomic E-state index is 13.6. The molecular weight excluding hydrogens is 462 g/mol. The zero-order valence-electron chi connectivity index (χ0n) is 20.0. The molecule has 35 heavy (non-hydrogen) atoms. The maximum Gasteiger partial charge on any atom is 0.291 e. The van der Waals surface area contributed by atoms with Gasteiger partial charge >= 0.3 is 0 Å². The molecular formula is C27H33N3O4S. The van der Waals surface area contributed by atoms with Gasteiger partial charge in [-0.3, -0.25) is 9.59 Å². The van der Waals surface area contributed by atoms with Gasteiger partial charge in [-0.05, 0) is 92.8 Å². The average molecular weight is 496 g/mol. The van der Waals surface area contributed by atoms with E-state index in [2.05, 4.69) is 10.5 Å². The molecule has 0 spiro atoms. The van der Waals surface area contributed by atoms with Crippen LogP contribution in [0, 0.1) is 17.8 Å². The number of carbonyl (C=O) groups is 2. The normalized spacial score (nSPS) is 29.3. The van der Waals surface area contributed by atoms with Crippen LogP contribution in [0.15, 0.2) is 44.6 Å². The summed E-state index contributed by atoms with van der Waals surface area (Å²) in [6, 6.07) is 9.80. The van der Waals surface area contributed by atoms with Crippen molar-refractivity contribution in [2.75, 3.05) is 19.7 Å². The Morgan fingerprint density at radius 2 is 1.69 bits per heavy atom. The number of hydrogen-bond acceptors (Lipinski definition) is 6. The van der Waals surface area contributed by atoms with Gasteiger partial charge in [-0.2, -0.15) is 0 Å². The number of nitrogens with one attached hydrogen (secondary N) is 1. The molecule has 4 aliphatic carbocycles. The molecule has 4 saturated carbocycles. The molecule has 7 nitrogen and oxygen atoms in total. The average Bonchev–Trinajstić information content (AvgIpc) is 3.25. The van der Waals surface area contributed by atoms with E-state index in [1.165, 1.54) is 31.0 Å². The summed E-state index contributed by atoms with van der Waals surface area (Å²) in [5.74, 6) is 2.30. The molecule has 1 aromatic carbocycles. The zero-order valence-corrected chi connectivity index (χ0v) is 20.9. The summed E-state index contributed by atoms with van der Waals surface area (Å²) in [7, 11) is 0. The van der Waals surface area contributed by atoms with E-state index < -0.39 is 0 Å². The minimum absolute atomic E-state index is 0.0528. The van der Waals surface area contributed by atoms with E-state index >= 15 is 0 Å². The van der Waals surface area contributed by atoms with Crippen molar-refractivity contribution in [2.24, 2.45) is 17.8 Å². The third-order valence-corrected chi connectivity index (χ3v) is 9.32. The maximum absolute atomic E-state index is 13.6. The number of rotatable bonds is 7. The van der Waals surface area contributed by atoms with Gasteiger partial charge in [-0.1, -0.05) is 30.0 Å². The second kappa shape index (κ2) is 9.52. The van der Waals surface area contributed by atoms with Gasteiger partial charge in [0.25, 0.3) is 17.7 Å². The number of amides is 2. The molecule has 0 radical (unpaired) electrons. The van der Waals surface area contributed by atoms with E-state index in [0.29, 0.717) is 4.90 Å². The van der Waals surface area contributed by atoms with Crippen LogP contribution < -0.4 is 10.1 Å². The molecule has 2 heterocycles. The Bertz CT molecular complexity index is 1040. The van der Waals surface area contributed by atoms with E-state index in [-0.39, 0.29) is 35.6 Å². The summed E-state index contributed by atoms with van der Waals surface area (Å²) in [6.07, 6.45) is 10.4. The second-order valence-electron chi connectivity index (χ2n) is 10.9. The van der Waals surface area contributed by atoms with Crippen LogP contribution in [0.2, 0.25) is 0 Å². The lowest BCUT2D eigenvalue weighted by Crippen LogP contribution is -2.59. The minimum atomic E-state index is -0.227. The zero-order chi connectivity index (χ0) is 23.8. The highest BCUT2D eigenvalue weighted by Gasteiger charge is 2.52. The summed E-state index contributed by atoms with van der Waals surface area (Å²) >= 11 is 1.39. The van der Waals surface area contributed by atoms with Gasteiger partial charge in [0.15, 0.2) is 6.61 Å². The largest absolute Gasteiger partial charge is 0.465 e. The molecule has 1 saturated heterocycles. The van der Waals surface area contributed by atoms with Crippen molar-refractivity contribution in [3.63, 3.8) is 0 Å². The quantitative estimate of drug-likeness (QED) is 0.587. The number of carbonyl (C=O) groups excluding carboxylic acids is 2. The molecule has 1 N–H and O–H groups in total. The minimum Gasteiger partial charge on any atom is -0.465 e. The number of nitrogens with zero attached hydrogens (tertiary/aromatic N) is 2. The van der Waals surface area contributed by atoms with Crippen LogP contribution >= 0.6 is 11.8 Å². The van der Waals surface area contributed by atoms with Gasteiger partial charge in [0.1, 0.15) is 4.90 Å². The molecule has 8 heteroatoms. The molecule has 1 aliphatic heterocycles. The summed E-state index contributed by atoms with van der Waals surface area (Å²) < 4.78 is 11.4. The lowest BCUT2D eigenvalue weighted by molar-refractivity contribution is -0.134. The predicted octanol–water partition coefficient (Wildman–Crippen LogP) is 4.92. The van der Waals surface area contributed by atoms with Crippen molar-refractivity contribution in [1.82, 2.24) is 15.4 Å². The number of piperidine rings is 1. The van der Waals surface area contributed by atoms with Crippen LogP contribution in [0.4, 0.5) is 0 Å². The highest BCUT2D eigenvalue weighted by molar-refractivity contribution is 7.99. The second-order valence-corrected chi connectivity index (χ2v) is 12.0. The van der Waals surface area contributed by atoms with E-state index in [9.17, 15) is 9.59 Å². The molecule has 2 amide bonds. The molecule has 0 unspecified atom stereocenters. The first-order valence-electron chi connectivity index (χ1n) is 13.0. The van der Waals surface area contributed by atoms with Crippen LogP contribution in [-0.2, 0) is 4.79 Å². The first kappa shape index (κ1) is 23.0. The summed E-state index contributed by atoms with van der Waals surface area (Å²) in [4.78, 5) is 29.5. The molecule has 5 aliphatic rings. The molecule has 7 rings (SSSR count). The van der Waals surface area contributed by atoms with Crippen molar-refractivity contribution in [2.45, 2.75) is 73.1 Å². The van der Waals surface area contributed by atoms with Gasteiger partial charge in [0.2, 0.25) is 5.76 Å². The fraction of sp³-hybridized carbons (Fsp3) is 0.593.